The van der Waals surface area contributed by atoms with E-state index >= 15 is 0 Å². The Hall–Kier alpha value is 0.300. The van der Waals surface area contributed by atoms with Crippen LogP contribution >= 0.6 is 31.9 Å². The molecule has 94 valence electrons. The summed E-state index contributed by atoms with van der Waals surface area (Å²) in [6.07, 6.45) is 10.6. The number of carbonyl (C=O) groups excluding carboxylic acids is 2. The molecule has 0 saturated carbocycles. The number of carbonyl (C=O) groups is 2. The molecule has 0 aliphatic carbocycles. The smallest absolute Gasteiger partial charge is 0.197 e. The summed E-state index contributed by atoms with van der Waals surface area (Å²) in [5.41, 5.74) is 0. The quantitative estimate of drug-likeness (QED) is 0.396. The van der Waals surface area contributed by atoms with Crippen molar-refractivity contribution in [1.82, 2.24) is 0 Å². The summed E-state index contributed by atoms with van der Waals surface area (Å²) in [7, 11) is 0. The Kier molecular flexibility index (Phi) is 12.0. The largest absolute Gasteiger partial charge is 0.287 e. The fourth-order valence-electron chi connectivity index (χ4n) is 1.59. The third kappa shape index (κ3) is 14.3. The number of hydrogen-bond donors (Lipinski definition) is 0. The van der Waals surface area contributed by atoms with Crippen molar-refractivity contribution in [2.24, 2.45) is 0 Å². The first-order chi connectivity index (χ1) is 7.63. The highest BCUT2D eigenvalue weighted by molar-refractivity contribution is 9.18. The fourth-order valence-corrected chi connectivity index (χ4v) is 2.15. The second kappa shape index (κ2) is 11.8. The Morgan fingerprint density at radius 2 is 0.812 bits per heavy atom. The maximum atomic E-state index is 10.6. The molecule has 0 unspecified atom stereocenters. The minimum atomic E-state index is 0.118. The lowest BCUT2D eigenvalue weighted by Gasteiger charge is -2.00. The molecule has 0 heterocycles. The molecule has 0 saturated heterocycles. The molecule has 0 aliphatic heterocycles. The molecule has 0 radical (unpaired) electrons. The molecule has 0 fully saturated rings. The number of hydrogen-bond acceptors (Lipinski definition) is 2. The van der Waals surface area contributed by atoms with Crippen LogP contribution in [0.5, 0.6) is 0 Å². The second-order valence-corrected chi connectivity index (χ2v) is 5.81. The maximum Gasteiger partial charge on any atom is 0.197 e. The summed E-state index contributed by atoms with van der Waals surface area (Å²) in [5.74, 6) is 0. The van der Waals surface area contributed by atoms with Crippen molar-refractivity contribution < 1.29 is 9.59 Å². The van der Waals surface area contributed by atoms with Gasteiger partial charge in [-0.3, -0.25) is 9.59 Å². The Labute approximate surface area is 115 Å². The SMILES string of the molecule is O=C(Br)CCCCCCCCCCC(=O)Br. The van der Waals surface area contributed by atoms with Gasteiger partial charge in [-0.1, -0.05) is 38.5 Å². The van der Waals surface area contributed by atoms with E-state index < -0.39 is 0 Å². The third-order valence-electron chi connectivity index (χ3n) is 2.50. The molecule has 0 aromatic heterocycles. The minimum absolute atomic E-state index is 0.118. The first-order valence-corrected chi connectivity index (χ1v) is 7.58. The van der Waals surface area contributed by atoms with Gasteiger partial charge < -0.3 is 0 Å². The lowest BCUT2D eigenvalue weighted by Crippen LogP contribution is -1.87. The van der Waals surface area contributed by atoms with Crippen molar-refractivity contribution in [1.29, 1.82) is 0 Å². The number of rotatable bonds is 11. The molecular formula is C12H20Br2O2. The monoisotopic (exact) mass is 354 g/mol. The van der Waals surface area contributed by atoms with E-state index in [0.29, 0.717) is 12.8 Å². The van der Waals surface area contributed by atoms with Crippen molar-refractivity contribution in [3.05, 3.63) is 0 Å². The van der Waals surface area contributed by atoms with Crippen LogP contribution < -0.4 is 0 Å². The van der Waals surface area contributed by atoms with E-state index in [-0.39, 0.29) is 9.39 Å². The molecule has 16 heavy (non-hydrogen) atoms. The first kappa shape index (κ1) is 16.3. The molecular weight excluding hydrogens is 336 g/mol. The molecule has 0 aromatic carbocycles. The van der Waals surface area contributed by atoms with Crippen LogP contribution in [0.3, 0.4) is 0 Å². The molecule has 4 heteroatoms. The predicted octanol–water partition coefficient (Wildman–Crippen LogP) is 4.73. The Balaban J connectivity index is 2.98. The molecule has 0 aromatic rings. The summed E-state index contributed by atoms with van der Waals surface area (Å²) >= 11 is 5.85. The highest BCUT2D eigenvalue weighted by Crippen LogP contribution is 2.11. The van der Waals surface area contributed by atoms with E-state index in [9.17, 15) is 9.59 Å². The summed E-state index contributed by atoms with van der Waals surface area (Å²) < 4.78 is 0.235. The van der Waals surface area contributed by atoms with Crippen LogP contribution in [0.1, 0.15) is 64.2 Å². The number of halogens is 2. The molecule has 0 spiro atoms. The Morgan fingerprint density at radius 1 is 0.562 bits per heavy atom. The van der Waals surface area contributed by atoms with Crippen molar-refractivity contribution in [3.8, 4) is 0 Å². The van der Waals surface area contributed by atoms with Gasteiger partial charge in [0.1, 0.15) is 0 Å². The van der Waals surface area contributed by atoms with Crippen LogP contribution in [0, 0.1) is 0 Å². The van der Waals surface area contributed by atoms with Crippen molar-refractivity contribution in [2.75, 3.05) is 0 Å². The van der Waals surface area contributed by atoms with Gasteiger partial charge >= 0.3 is 0 Å². The third-order valence-corrected chi connectivity index (χ3v) is 3.29. The molecule has 0 aliphatic rings. The zero-order valence-electron chi connectivity index (χ0n) is 9.64. The highest BCUT2D eigenvalue weighted by Gasteiger charge is 1.97. The zero-order chi connectivity index (χ0) is 12.2. The molecule has 2 nitrogen and oxygen atoms in total. The second-order valence-electron chi connectivity index (χ2n) is 4.04. The van der Waals surface area contributed by atoms with Crippen molar-refractivity contribution >= 4 is 41.2 Å². The molecule has 0 atom stereocenters. The Bertz CT molecular complexity index is 183. The van der Waals surface area contributed by atoms with Gasteiger partial charge in [0.05, 0.1) is 0 Å². The van der Waals surface area contributed by atoms with E-state index in [1.807, 2.05) is 0 Å². The lowest BCUT2D eigenvalue weighted by molar-refractivity contribution is -0.111. The molecule has 0 bridgehead atoms. The van der Waals surface area contributed by atoms with E-state index in [4.69, 9.17) is 0 Å². The topological polar surface area (TPSA) is 34.1 Å². The van der Waals surface area contributed by atoms with Gasteiger partial charge in [0.25, 0.3) is 0 Å². The van der Waals surface area contributed by atoms with Crippen molar-refractivity contribution in [2.45, 2.75) is 64.2 Å². The molecule has 0 N–H and O–H groups in total. The average molecular weight is 356 g/mol. The van der Waals surface area contributed by atoms with E-state index in [2.05, 4.69) is 31.9 Å². The van der Waals surface area contributed by atoms with Crippen LogP contribution in [0.2, 0.25) is 0 Å². The number of unbranched alkanes of at least 4 members (excludes halogenated alkanes) is 7. The van der Waals surface area contributed by atoms with Gasteiger partial charge in [-0.05, 0) is 44.7 Å². The first-order valence-electron chi connectivity index (χ1n) is 5.99. The lowest BCUT2D eigenvalue weighted by atomic mass is 10.1. The van der Waals surface area contributed by atoms with E-state index in [1.54, 1.807) is 0 Å². The summed E-state index contributed by atoms with van der Waals surface area (Å²) in [4.78, 5) is 21.2. The summed E-state index contributed by atoms with van der Waals surface area (Å²) in [5, 5.41) is 0. The normalized spacial score (nSPS) is 10.4. The van der Waals surface area contributed by atoms with Gasteiger partial charge in [0.2, 0.25) is 0 Å². The van der Waals surface area contributed by atoms with Gasteiger partial charge in [0, 0.05) is 12.8 Å². The van der Waals surface area contributed by atoms with Crippen molar-refractivity contribution in [3.63, 3.8) is 0 Å². The standard InChI is InChI=1S/C12H20Br2O2/c13-11(15)9-7-5-3-1-2-4-6-8-10-12(14)16/h1-10H2. The summed E-state index contributed by atoms with van der Waals surface area (Å²) in [6, 6.07) is 0. The van der Waals surface area contributed by atoms with Crippen LogP contribution in [0.15, 0.2) is 0 Å². The molecule has 0 rings (SSSR count). The average Bonchev–Trinajstić information content (AvgIpc) is 2.20. The predicted molar refractivity (Wildman–Crippen MR) is 74.0 cm³/mol. The van der Waals surface area contributed by atoms with E-state index in [1.165, 1.54) is 25.7 Å². The van der Waals surface area contributed by atoms with Crippen LogP contribution in [0.25, 0.3) is 0 Å². The minimum Gasteiger partial charge on any atom is -0.287 e. The van der Waals surface area contributed by atoms with E-state index in [0.717, 1.165) is 25.7 Å². The Morgan fingerprint density at radius 3 is 1.06 bits per heavy atom. The van der Waals surface area contributed by atoms with Gasteiger partial charge in [-0.25, -0.2) is 0 Å². The summed E-state index contributed by atoms with van der Waals surface area (Å²) in [6.45, 7) is 0. The van der Waals surface area contributed by atoms with Crippen LogP contribution in [0.4, 0.5) is 0 Å². The van der Waals surface area contributed by atoms with Gasteiger partial charge in [0.15, 0.2) is 9.39 Å². The zero-order valence-corrected chi connectivity index (χ0v) is 12.8. The van der Waals surface area contributed by atoms with Gasteiger partial charge in [-0.15, -0.1) is 0 Å². The van der Waals surface area contributed by atoms with Crippen LogP contribution in [-0.4, -0.2) is 9.39 Å². The fraction of sp³-hybridized carbons (Fsp3) is 0.833. The highest BCUT2D eigenvalue weighted by atomic mass is 79.9. The maximum absolute atomic E-state index is 10.6. The molecule has 0 amide bonds. The van der Waals surface area contributed by atoms with Crippen LogP contribution in [-0.2, 0) is 9.59 Å². The van der Waals surface area contributed by atoms with Gasteiger partial charge in [-0.2, -0.15) is 0 Å².